The van der Waals surface area contributed by atoms with Gasteiger partial charge in [-0.25, -0.2) is 4.98 Å². The molecule has 2 aromatic heterocycles. The van der Waals surface area contributed by atoms with Crippen LogP contribution in [0.2, 0.25) is 0 Å². The van der Waals surface area contributed by atoms with Crippen molar-refractivity contribution in [3.05, 3.63) is 46.0 Å². The molecule has 25 heavy (non-hydrogen) atoms. The molecule has 7 nitrogen and oxygen atoms in total. The van der Waals surface area contributed by atoms with Gasteiger partial charge in [0.2, 0.25) is 5.91 Å². The lowest BCUT2D eigenvalue weighted by Crippen LogP contribution is -2.21. The van der Waals surface area contributed by atoms with Crippen LogP contribution in [0.3, 0.4) is 0 Å². The summed E-state index contributed by atoms with van der Waals surface area (Å²) in [5.41, 5.74) is 2.91. The van der Waals surface area contributed by atoms with Gasteiger partial charge in [0.15, 0.2) is 5.16 Å². The lowest BCUT2D eigenvalue weighted by atomic mass is 10.2. The Morgan fingerprint density at radius 1 is 1.24 bits per heavy atom. The number of fused-ring (bicyclic) bond motifs is 1. The van der Waals surface area contributed by atoms with Gasteiger partial charge in [0.1, 0.15) is 0 Å². The summed E-state index contributed by atoms with van der Waals surface area (Å²) in [6.07, 6.45) is 0. The van der Waals surface area contributed by atoms with Crippen molar-refractivity contribution in [1.82, 2.24) is 19.3 Å². The third-order valence-corrected chi connectivity index (χ3v) is 5.08. The van der Waals surface area contributed by atoms with E-state index in [0.29, 0.717) is 16.1 Å². The Morgan fingerprint density at radius 2 is 1.96 bits per heavy atom. The number of amides is 1. The molecule has 8 heteroatoms. The number of rotatable bonds is 4. The molecule has 0 fully saturated rings. The zero-order valence-electron chi connectivity index (χ0n) is 14.5. The van der Waals surface area contributed by atoms with Crippen molar-refractivity contribution in [1.29, 1.82) is 0 Å². The standard InChI is InChI=1S/C17H19N5O2S/c1-10-15(11(2)22(4)20-10)19-14(23)9-25-17-18-13-8-6-5-7-12(13)16(24)21(17)3/h5-8H,9H2,1-4H3,(H,19,23). The van der Waals surface area contributed by atoms with Gasteiger partial charge in [0.05, 0.1) is 33.7 Å². The van der Waals surface area contributed by atoms with Gasteiger partial charge in [-0.2, -0.15) is 5.10 Å². The van der Waals surface area contributed by atoms with E-state index in [2.05, 4.69) is 15.4 Å². The first-order chi connectivity index (χ1) is 11.9. The minimum atomic E-state index is -0.161. The van der Waals surface area contributed by atoms with Crippen LogP contribution in [0.15, 0.2) is 34.2 Å². The molecule has 0 bridgehead atoms. The highest BCUT2D eigenvalue weighted by Gasteiger charge is 2.14. The van der Waals surface area contributed by atoms with Gasteiger partial charge in [-0.1, -0.05) is 23.9 Å². The first-order valence-electron chi connectivity index (χ1n) is 7.77. The van der Waals surface area contributed by atoms with E-state index >= 15 is 0 Å². The third-order valence-electron chi connectivity index (χ3n) is 4.05. The summed E-state index contributed by atoms with van der Waals surface area (Å²) in [7, 11) is 3.50. The third kappa shape index (κ3) is 3.30. The molecule has 3 aromatic rings. The molecule has 2 heterocycles. The van der Waals surface area contributed by atoms with Crippen molar-refractivity contribution < 1.29 is 4.79 Å². The number of benzene rings is 1. The van der Waals surface area contributed by atoms with E-state index in [-0.39, 0.29) is 17.2 Å². The Bertz CT molecular complexity index is 1020. The highest BCUT2D eigenvalue weighted by molar-refractivity contribution is 7.99. The van der Waals surface area contributed by atoms with E-state index in [1.54, 1.807) is 23.9 Å². The number of nitrogens with one attached hydrogen (secondary N) is 1. The van der Waals surface area contributed by atoms with Gasteiger partial charge in [-0.15, -0.1) is 0 Å². The number of para-hydroxylation sites is 1. The second-order valence-electron chi connectivity index (χ2n) is 5.78. The predicted molar refractivity (Wildman–Crippen MR) is 99.0 cm³/mol. The summed E-state index contributed by atoms with van der Waals surface area (Å²) in [5, 5.41) is 8.24. The van der Waals surface area contributed by atoms with Gasteiger partial charge in [-0.05, 0) is 26.0 Å². The maximum absolute atomic E-state index is 12.4. The SMILES string of the molecule is Cc1nn(C)c(C)c1NC(=O)CSc1nc2ccccc2c(=O)n1C. The molecule has 0 atom stereocenters. The summed E-state index contributed by atoms with van der Waals surface area (Å²) in [5.74, 6) is -0.00143. The van der Waals surface area contributed by atoms with Crippen LogP contribution in [0.4, 0.5) is 5.69 Å². The number of hydrogen-bond donors (Lipinski definition) is 1. The quantitative estimate of drug-likeness (QED) is 0.571. The molecule has 130 valence electrons. The largest absolute Gasteiger partial charge is 0.322 e. The maximum Gasteiger partial charge on any atom is 0.261 e. The van der Waals surface area contributed by atoms with Crippen LogP contribution >= 0.6 is 11.8 Å². The molecular weight excluding hydrogens is 338 g/mol. The fourth-order valence-corrected chi connectivity index (χ4v) is 3.36. The summed E-state index contributed by atoms with van der Waals surface area (Å²) in [6.45, 7) is 3.75. The highest BCUT2D eigenvalue weighted by Crippen LogP contribution is 2.20. The van der Waals surface area contributed by atoms with Gasteiger partial charge < -0.3 is 5.32 Å². The number of hydrogen-bond acceptors (Lipinski definition) is 5. The van der Waals surface area contributed by atoms with Gasteiger partial charge in [0.25, 0.3) is 5.56 Å². The molecule has 0 radical (unpaired) electrons. The smallest absolute Gasteiger partial charge is 0.261 e. The van der Waals surface area contributed by atoms with E-state index in [1.165, 1.54) is 16.3 Å². The fraction of sp³-hybridized carbons (Fsp3) is 0.294. The van der Waals surface area contributed by atoms with Crippen molar-refractivity contribution in [2.45, 2.75) is 19.0 Å². The van der Waals surface area contributed by atoms with Crippen LogP contribution in [0.25, 0.3) is 10.9 Å². The maximum atomic E-state index is 12.4. The molecule has 0 spiro atoms. The second kappa shape index (κ2) is 6.72. The number of carbonyl (C=O) groups is 1. The summed E-state index contributed by atoms with van der Waals surface area (Å²) in [4.78, 5) is 29.1. The molecule has 1 aromatic carbocycles. The minimum Gasteiger partial charge on any atom is -0.322 e. The molecule has 1 N–H and O–H groups in total. The van der Waals surface area contributed by atoms with Crippen LogP contribution in [0, 0.1) is 13.8 Å². The second-order valence-corrected chi connectivity index (χ2v) is 6.72. The van der Waals surface area contributed by atoms with E-state index in [4.69, 9.17) is 0 Å². The summed E-state index contributed by atoms with van der Waals surface area (Å²) >= 11 is 1.23. The zero-order valence-corrected chi connectivity index (χ0v) is 15.3. The van der Waals surface area contributed by atoms with Crippen molar-refractivity contribution in [3.63, 3.8) is 0 Å². The lowest BCUT2D eigenvalue weighted by Gasteiger charge is -2.09. The summed E-state index contributed by atoms with van der Waals surface area (Å²) < 4.78 is 3.20. The average molecular weight is 357 g/mol. The average Bonchev–Trinajstić information content (AvgIpc) is 2.83. The molecule has 0 saturated carbocycles. The molecule has 0 aliphatic heterocycles. The van der Waals surface area contributed by atoms with Crippen molar-refractivity contribution in [2.75, 3.05) is 11.1 Å². The van der Waals surface area contributed by atoms with Crippen LogP contribution < -0.4 is 10.9 Å². The topological polar surface area (TPSA) is 81.8 Å². The van der Waals surface area contributed by atoms with Crippen LogP contribution in [-0.2, 0) is 18.9 Å². The fourth-order valence-electron chi connectivity index (χ4n) is 2.59. The Hall–Kier alpha value is -2.61. The highest BCUT2D eigenvalue weighted by atomic mass is 32.2. The minimum absolute atomic E-state index is 0.118. The molecule has 0 aliphatic carbocycles. The van der Waals surface area contributed by atoms with E-state index in [9.17, 15) is 9.59 Å². The number of aryl methyl sites for hydroxylation is 2. The van der Waals surface area contributed by atoms with Gasteiger partial charge in [-0.3, -0.25) is 18.8 Å². The molecule has 3 rings (SSSR count). The van der Waals surface area contributed by atoms with Gasteiger partial charge in [0, 0.05) is 14.1 Å². The van der Waals surface area contributed by atoms with Crippen molar-refractivity contribution in [3.8, 4) is 0 Å². The van der Waals surface area contributed by atoms with Crippen molar-refractivity contribution in [2.24, 2.45) is 14.1 Å². The van der Waals surface area contributed by atoms with E-state index in [0.717, 1.165) is 17.1 Å². The normalized spacial score (nSPS) is 11.0. The Labute approximate surface area is 149 Å². The van der Waals surface area contributed by atoms with Crippen LogP contribution in [0.1, 0.15) is 11.4 Å². The number of anilines is 1. The number of carbonyl (C=O) groups excluding carboxylic acids is 1. The van der Waals surface area contributed by atoms with E-state index < -0.39 is 0 Å². The number of nitrogens with zero attached hydrogens (tertiary/aromatic N) is 4. The molecule has 1 amide bonds. The Balaban J connectivity index is 1.77. The summed E-state index contributed by atoms with van der Waals surface area (Å²) in [6, 6.07) is 7.19. The number of aromatic nitrogens is 4. The first-order valence-corrected chi connectivity index (χ1v) is 8.75. The predicted octanol–water partition coefficient (Wildman–Crippen LogP) is 2.01. The lowest BCUT2D eigenvalue weighted by molar-refractivity contribution is -0.113. The molecule has 0 unspecified atom stereocenters. The monoisotopic (exact) mass is 357 g/mol. The Morgan fingerprint density at radius 3 is 2.64 bits per heavy atom. The van der Waals surface area contributed by atoms with Crippen LogP contribution in [-0.4, -0.2) is 31.0 Å². The first kappa shape index (κ1) is 17.2. The van der Waals surface area contributed by atoms with Crippen molar-refractivity contribution >= 4 is 34.3 Å². The molecular formula is C17H19N5O2S. The molecule has 0 aliphatic rings. The zero-order chi connectivity index (χ0) is 18.1. The number of thioether (sulfide) groups is 1. The van der Waals surface area contributed by atoms with Crippen LogP contribution in [0.5, 0.6) is 0 Å². The van der Waals surface area contributed by atoms with Gasteiger partial charge >= 0.3 is 0 Å². The van der Waals surface area contributed by atoms with E-state index in [1.807, 2.05) is 33.0 Å². The Kier molecular flexibility index (Phi) is 4.63. The molecule has 0 saturated heterocycles.